The fourth-order valence-corrected chi connectivity index (χ4v) is 5.41. The Labute approximate surface area is 204 Å². The minimum atomic E-state index is -0.475. The molecular formula is C25H21ClFN3O3S. The van der Waals surface area contributed by atoms with Crippen molar-refractivity contribution in [2.75, 3.05) is 19.6 Å². The van der Waals surface area contributed by atoms with Gasteiger partial charge in [0.05, 0.1) is 11.4 Å². The van der Waals surface area contributed by atoms with Crippen LogP contribution in [0.2, 0.25) is 5.02 Å². The van der Waals surface area contributed by atoms with Crippen LogP contribution in [0.4, 0.5) is 9.18 Å². The molecule has 2 fully saturated rings. The minimum absolute atomic E-state index is 0.209. The van der Waals surface area contributed by atoms with Crippen LogP contribution in [-0.2, 0) is 16.1 Å². The molecule has 0 unspecified atom stereocenters. The van der Waals surface area contributed by atoms with Crippen molar-refractivity contribution in [3.05, 3.63) is 75.5 Å². The molecule has 0 bridgehead atoms. The van der Waals surface area contributed by atoms with Gasteiger partial charge in [0.1, 0.15) is 12.4 Å². The highest BCUT2D eigenvalue weighted by molar-refractivity contribution is 8.18. The van der Waals surface area contributed by atoms with Crippen LogP contribution in [0, 0.1) is 5.82 Å². The van der Waals surface area contributed by atoms with E-state index in [4.69, 9.17) is 11.6 Å². The van der Waals surface area contributed by atoms with Gasteiger partial charge in [-0.05, 0) is 48.9 Å². The van der Waals surface area contributed by atoms with E-state index in [9.17, 15) is 18.8 Å². The van der Waals surface area contributed by atoms with E-state index < -0.39 is 17.0 Å². The van der Waals surface area contributed by atoms with Gasteiger partial charge in [-0.2, -0.15) is 0 Å². The van der Waals surface area contributed by atoms with Crippen molar-refractivity contribution >= 4 is 57.4 Å². The van der Waals surface area contributed by atoms with E-state index in [0.29, 0.717) is 23.7 Å². The average molecular weight is 498 g/mol. The summed E-state index contributed by atoms with van der Waals surface area (Å²) in [5.41, 5.74) is 1.94. The number of carbonyl (C=O) groups excluding carboxylic acids is 3. The molecule has 0 saturated carbocycles. The Bertz CT molecular complexity index is 1330. The van der Waals surface area contributed by atoms with E-state index in [1.54, 1.807) is 23.1 Å². The third kappa shape index (κ3) is 4.23. The quantitative estimate of drug-likeness (QED) is 0.458. The third-order valence-corrected chi connectivity index (χ3v) is 7.38. The number of hydrogen-bond donors (Lipinski definition) is 0. The molecule has 5 rings (SSSR count). The van der Waals surface area contributed by atoms with Gasteiger partial charge in [0.2, 0.25) is 5.91 Å². The van der Waals surface area contributed by atoms with Crippen molar-refractivity contribution in [1.82, 2.24) is 14.4 Å². The zero-order chi connectivity index (χ0) is 23.8. The zero-order valence-corrected chi connectivity index (χ0v) is 19.7. The number of amides is 3. The van der Waals surface area contributed by atoms with Crippen molar-refractivity contribution in [2.45, 2.75) is 19.4 Å². The number of imide groups is 1. The molecule has 3 amide bonds. The van der Waals surface area contributed by atoms with Gasteiger partial charge in [0.15, 0.2) is 0 Å². The zero-order valence-electron chi connectivity index (χ0n) is 18.2. The lowest BCUT2D eigenvalue weighted by Crippen LogP contribution is -2.40. The van der Waals surface area contributed by atoms with Gasteiger partial charge in [0.25, 0.3) is 11.1 Å². The fourth-order valence-electron chi connectivity index (χ4n) is 4.35. The van der Waals surface area contributed by atoms with Gasteiger partial charge in [-0.1, -0.05) is 35.9 Å². The van der Waals surface area contributed by atoms with Crippen LogP contribution in [0.25, 0.3) is 17.0 Å². The van der Waals surface area contributed by atoms with Gasteiger partial charge in [-0.3, -0.25) is 19.3 Å². The molecular weight excluding hydrogens is 477 g/mol. The summed E-state index contributed by atoms with van der Waals surface area (Å²) in [7, 11) is 0. The van der Waals surface area contributed by atoms with Gasteiger partial charge >= 0.3 is 0 Å². The predicted octanol–water partition coefficient (Wildman–Crippen LogP) is 5.14. The van der Waals surface area contributed by atoms with Crippen LogP contribution in [0.5, 0.6) is 0 Å². The Hall–Kier alpha value is -3.10. The lowest BCUT2D eigenvalue weighted by atomic mass is 10.1. The summed E-state index contributed by atoms with van der Waals surface area (Å²) in [5, 5.41) is 0.740. The Kier molecular flexibility index (Phi) is 6.18. The maximum absolute atomic E-state index is 14.4. The highest BCUT2D eigenvalue weighted by Gasteiger charge is 2.37. The number of aromatic nitrogens is 1. The maximum atomic E-state index is 14.4. The molecule has 3 heterocycles. The maximum Gasteiger partial charge on any atom is 0.294 e. The lowest BCUT2D eigenvalue weighted by molar-refractivity contribution is -0.135. The van der Waals surface area contributed by atoms with Crippen LogP contribution in [0.15, 0.2) is 53.6 Å². The highest BCUT2D eigenvalue weighted by atomic mass is 35.5. The molecule has 3 aromatic rings. The predicted molar refractivity (Wildman–Crippen MR) is 131 cm³/mol. The second kappa shape index (κ2) is 9.27. The first-order valence-corrected chi connectivity index (χ1v) is 12.2. The number of hydrogen-bond acceptors (Lipinski definition) is 4. The molecule has 2 saturated heterocycles. The molecule has 2 aliphatic rings. The highest BCUT2D eigenvalue weighted by Crippen LogP contribution is 2.34. The van der Waals surface area contributed by atoms with E-state index in [0.717, 1.165) is 46.0 Å². The van der Waals surface area contributed by atoms with Gasteiger partial charge in [-0.25, -0.2) is 4.39 Å². The smallest absolute Gasteiger partial charge is 0.294 e. The van der Waals surface area contributed by atoms with Crippen LogP contribution < -0.4 is 0 Å². The summed E-state index contributed by atoms with van der Waals surface area (Å²) < 4.78 is 16.3. The van der Waals surface area contributed by atoms with Crippen molar-refractivity contribution in [3.8, 4) is 0 Å². The second-order valence-corrected chi connectivity index (χ2v) is 9.69. The standard InChI is InChI=1S/C25H21ClFN3O3S/c26-19-7-5-8-20(27)18(19)14-29-13-16(17-6-1-2-9-21(17)29)12-22-24(32)30(25(33)34-22)15-23(31)28-10-3-4-11-28/h1-2,5-9,12-13H,3-4,10-11,14-15H2/b22-12+. The summed E-state index contributed by atoms with van der Waals surface area (Å²) in [6, 6.07) is 12.1. The number of para-hydroxylation sites is 1. The van der Waals surface area contributed by atoms with Crippen LogP contribution in [-0.4, -0.2) is 51.1 Å². The van der Waals surface area contributed by atoms with E-state index in [1.807, 2.05) is 35.0 Å². The Morgan fingerprint density at radius 2 is 1.85 bits per heavy atom. The summed E-state index contributed by atoms with van der Waals surface area (Å²) >= 11 is 7.05. The van der Waals surface area contributed by atoms with Crippen LogP contribution in [0.3, 0.4) is 0 Å². The molecule has 0 N–H and O–H groups in total. The van der Waals surface area contributed by atoms with Crippen molar-refractivity contribution in [1.29, 1.82) is 0 Å². The molecule has 2 aromatic carbocycles. The van der Waals surface area contributed by atoms with Crippen LogP contribution in [0.1, 0.15) is 24.0 Å². The topological polar surface area (TPSA) is 62.6 Å². The van der Waals surface area contributed by atoms with E-state index in [-0.39, 0.29) is 23.9 Å². The molecule has 0 aliphatic carbocycles. The third-order valence-electron chi connectivity index (χ3n) is 6.12. The molecule has 174 valence electrons. The summed E-state index contributed by atoms with van der Waals surface area (Å²) in [6.07, 6.45) is 5.36. The number of halogens is 2. The Morgan fingerprint density at radius 1 is 1.09 bits per heavy atom. The Morgan fingerprint density at radius 3 is 2.62 bits per heavy atom. The van der Waals surface area contributed by atoms with E-state index in [1.165, 1.54) is 6.07 Å². The number of nitrogens with zero attached hydrogens (tertiary/aromatic N) is 3. The molecule has 2 aliphatic heterocycles. The summed E-state index contributed by atoms with van der Waals surface area (Å²) in [6.45, 7) is 1.30. The van der Waals surface area contributed by atoms with Crippen molar-refractivity contribution in [2.24, 2.45) is 0 Å². The number of thioether (sulfide) groups is 1. The normalized spacial score (nSPS) is 17.5. The minimum Gasteiger partial charge on any atom is -0.342 e. The van der Waals surface area contributed by atoms with Gasteiger partial charge in [-0.15, -0.1) is 0 Å². The van der Waals surface area contributed by atoms with Gasteiger partial charge in [0, 0.05) is 46.3 Å². The largest absolute Gasteiger partial charge is 0.342 e. The first-order chi connectivity index (χ1) is 16.4. The monoisotopic (exact) mass is 497 g/mol. The van der Waals surface area contributed by atoms with E-state index >= 15 is 0 Å². The number of benzene rings is 2. The molecule has 0 radical (unpaired) electrons. The summed E-state index contributed by atoms with van der Waals surface area (Å²) in [4.78, 5) is 40.9. The first kappa shape index (κ1) is 22.7. The molecule has 0 spiro atoms. The molecule has 34 heavy (non-hydrogen) atoms. The summed E-state index contributed by atoms with van der Waals surface area (Å²) in [5.74, 6) is -1.08. The van der Waals surface area contributed by atoms with Crippen LogP contribution >= 0.6 is 23.4 Å². The molecule has 1 aromatic heterocycles. The second-order valence-electron chi connectivity index (χ2n) is 8.29. The Balaban J connectivity index is 1.44. The van der Waals surface area contributed by atoms with Gasteiger partial charge < -0.3 is 9.47 Å². The molecule has 6 nitrogen and oxygen atoms in total. The molecule has 0 atom stereocenters. The molecule has 9 heteroatoms. The number of likely N-dealkylation sites (tertiary alicyclic amines) is 1. The first-order valence-electron chi connectivity index (χ1n) is 11.0. The SMILES string of the molecule is O=C(CN1C(=O)S/C(=C/c2cn(Cc3c(F)cccc3Cl)c3ccccc23)C1=O)N1CCCC1. The van der Waals surface area contributed by atoms with E-state index in [2.05, 4.69) is 0 Å². The number of fused-ring (bicyclic) bond motifs is 1. The lowest BCUT2D eigenvalue weighted by Gasteiger charge is -2.18. The van der Waals surface area contributed by atoms with Crippen molar-refractivity contribution < 1.29 is 18.8 Å². The fraction of sp³-hybridized carbons (Fsp3) is 0.240. The van der Waals surface area contributed by atoms with Crippen molar-refractivity contribution in [3.63, 3.8) is 0 Å². The number of carbonyl (C=O) groups is 3. The average Bonchev–Trinajstić information content (AvgIpc) is 3.53. The number of rotatable bonds is 5.